The maximum atomic E-state index is 11.7. The fourth-order valence-electron chi connectivity index (χ4n) is 1.78. The van der Waals surface area contributed by atoms with Crippen LogP contribution in [0, 0.1) is 0 Å². The van der Waals surface area contributed by atoms with E-state index in [9.17, 15) is 4.79 Å². The summed E-state index contributed by atoms with van der Waals surface area (Å²) in [7, 11) is 1.42. The summed E-state index contributed by atoms with van der Waals surface area (Å²) in [6, 6.07) is 0.0757. The number of methoxy groups -OCH3 is 1. The average molecular weight is 237 g/mol. The molecule has 0 aliphatic heterocycles. The van der Waals surface area contributed by atoms with Crippen molar-refractivity contribution in [3.8, 4) is 0 Å². The maximum Gasteiger partial charge on any atom is 0.327 e. The van der Waals surface area contributed by atoms with Crippen molar-refractivity contribution in [3.63, 3.8) is 0 Å². The largest absolute Gasteiger partial charge is 0.468 e. The molecule has 1 fully saturated rings. The van der Waals surface area contributed by atoms with Crippen LogP contribution in [-0.4, -0.2) is 28.9 Å². The quantitative estimate of drug-likeness (QED) is 0.757. The molecular formula is C12H19N3O2. The summed E-state index contributed by atoms with van der Waals surface area (Å²) < 4.78 is 6.69. The summed E-state index contributed by atoms with van der Waals surface area (Å²) in [5.74, 6) is -0.243. The maximum absolute atomic E-state index is 11.7. The Balaban J connectivity index is 2.08. The number of aromatic nitrogens is 2. The van der Waals surface area contributed by atoms with Crippen molar-refractivity contribution in [2.24, 2.45) is 0 Å². The smallest absolute Gasteiger partial charge is 0.327 e. The van der Waals surface area contributed by atoms with Gasteiger partial charge in [0.15, 0.2) is 0 Å². The Morgan fingerprint density at radius 3 is 3.06 bits per heavy atom. The van der Waals surface area contributed by atoms with Crippen LogP contribution in [0.4, 0.5) is 0 Å². The van der Waals surface area contributed by atoms with E-state index in [0.717, 1.165) is 31.4 Å². The van der Waals surface area contributed by atoms with Crippen molar-refractivity contribution >= 4 is 5.97 Å². The van der Waals surface area contributed by atoms with Crippen molar-refractivity contribution in [1.29, 1.82) is 0 Å². The first-order valence-corrected chi connectivity index (χ1v) is 6.10. The lowest BCUT2D eigenvalue weighted by molar-refractivity contribution is -0.143. The number of ether oxygens (including phenoxy) is 1. The van der Waals surface area contributed by atoms with E-state index in [-0.39, 0.29) is 12.0 Å². The number of rotatable bonds is 6. The van der Waals surface area contributed by atoms with Gasteiger partial charge < -0.3 is 4.74 Å². The zero-order valence-corrected chi connectivity index (χ0v) is 10.3. The van der Waals surface area contributed by atoms with Crippen LogP contribution in [0.3, 0.4) is 0 Å². The van der Waals surface area contributed by atoms with Crippen molar-refractivity contribution in [1.82, 2.24) is 15.1 Å². The van der Waals surface area contributed by atoms with Gasteiger partial charge in [-0.15, -0.1) is 0 Å². The van der Waals surface area contributed by atoms with Gasteiger partial charge in [-0.2, -0.15) is 5.10 Å². The molecule has 5 nitrogen and oxygen atoms in total. The summed E-state index contributed by atoms with van der Waals surface area (Å²) in [6.45, 7) is 2.97. The molecule has 0 saturated heterocycles. The highest BCUT2D eigenvalue weighted by atomic mass is 16.5. The molecule has 1 N–H and O–H groups in total. The molecule has 1 aliphatic rings. The minimum Gasteiger partial charge on any atom is -0.468 e. The number of esters is 1. The molecule has 1 atom stereocenters. The summed E-state index contributed by atoms with van der Waals surface area (Å²) in [4.78, 5) is 11.7. The van der Waals surface area contributed by atoms with E-state index < -0.39 is 0 Å². The van der Waals surface area contributed by atoms with Crippen LogP contribution < -0.4 is 5.32 Å². The van der Waals surface area contributed by atoms with Gasteiger partial charge in [0.05, 0.1) is 13.3 Å². The van der Waals surface area contributed by atoms with E-state index in [1.807, 2.05) is 10.9 Å². The highest BCUT2D eigenvalue weighted by Gasteiger charge is 2.30. The molecule has 1 aromatic heterocycles. The summed E-state index contributed by atoms with van der Waals surface area (Å²) in [5, 5.41) is 7.53. The van der Waals surface area contributed by atoms with E-state index in [4.69, 9.17) is 4.74 Å². The van der Waals surface area contributed by atoms with Crippen LogP contribution in [-0.2, 0) is 16.1 Å². The lowest BCUT2D eigenvalue weighted by Crippen LogP contribution is -2.30. The molecule has 0 amide bonds. The first-order chi connectivity index (χ1) is 8.24. The number of nitrogens with one attached hydrogen (secondary N) is 1. The van der Waals surface area contributed by atoms with E-state index in [1.165, 1.54) is 7.11 Å². The molecule has 1 unspecified atom stereocenters. The van der Waals surface area contributed by atoms with Crippen LogP contribution in [0.2, 0.25) is 0 Å². The van der Waals surface area contributed by atoms with Crippen LogP contribution in [0.5, 0.6) is 0 Å². The zero-order valence-electron chi connectivity index (χ0n) is 10.3. The lowest BCUT2D eigenvalue weighted by Gasteiger charge is -2.14. The molecular weight excluding hydrogens is 218 g/mol. The Labute approximate surface area is 101 Å². The second-order valence-corrected chi connectivity index (χ2v) is 4.43. The number of nitrogens with zero attached hydrogens (tertiary/aromatic N) is 2. The summed E-state index contributed by atoms with van der Waals surface area (Å²) in [5.41, 5.74) is 0.886. The normalized spacial score (nSPS) is 16.8. The second-order valence-electron chi connectivity index (χ2n) is 4.43. The fraction of sp³-hybridized carbons (Fsp3) is 0.667. The molecule has 1 saturated carbocycles. The van der Waals surface area contributed by atoms with Crippen molar-refractivity contribution in [2.75, 3.05) is 7.11 Å². The molecule has 0 radical (unpaired) electrons. The molecule has 2 rings (SSSR count). The molecule has 5 heteroatoms. The predicted molar refractivity (Wildman–Crippen MR) is 63.4 cm³/mol. The van der Waals surface area contributed by atoms with Gasteiger partial charge in [-0.3, -0.25) is 10.00 Å². The van der Waals surface area contributed by atoms with E-state index in [0.29, 0.717) is 6.04 Å². The predicted octanol–water partition coefficient (Wildman–Crippen LogP) is 1.26. The van der Waals surface area contributed by atoms with Gasteiger partial charge in [0, 0.05) is 24.3 Å². The van der Waals surface area contributed by atoms with E-state index in [1.54, 1.807) is 6.20 Å². The summed E-state index contributed by atoms with van der Waals surface area (Å²) in [6.07, 6.45) is 6.96. The number of hydrogen-bond acceptors (Lipinski definition) is 4. The third kappa shape index (κ3) is 3.06. The van der Waals surface area contributed by atoms with Crippen LogP contribution >= 0.6 is 0 Å². The van der Waals surface area contributed by atoms with Gasteiger partial charge >= 0.3 is 5.97 Å². The summed E-state index contributed by atoms with van der Waals surface area (Å²) >= 11 is 0. The average Bonchev–Trinajstić information content (AvgIpc) is 3.04. The second kappa shape index (κ2) is 5.31. The molecule has 17 heavy (non-hydrogen) atoms. The third-order valence-electron chi connectivity index (χ3n) is 2.86. The van der Waals surface area contributed by atoms with Crippen molar-refractivity contribution < 1.29 is 9.53 Å². The molecule has 94 valence electrons. The fourth-order valence-corrected chi connectivity index (χ4v) is 1.78. The molecule has 1 heterocycles. The Morgan fingerprint density at radius 2 is 2.47 bits per heavy atom. The first-order valence-electron chi connectivity index (χ1n) is 6.10. The Kier molecular flexibility index (Phi) is 3.78. The SMILES string of the molecule is CCCn1cc(C(NC2CC2)C(=O)OC)cn1. The highest BCUT2D eigenvalue weighted by Crippen LogP contribution is 2.24. The zero-order chi connectivity index (χ0) is 12.3. The van der Waals surface area contributed by atoms with Crippen LogP contribution in [0.15, 0.2) is 12.4 Å². The van der Waals surface area contributed by atoms with Crippen molar-refractivity contribution in [3.05, 3.63) is 18.0 Å². The topological polar surface area (TPSA) is 56.2 Å². The van der Waals surface area contributed by atoms with Gasteiger partial charge in [0.2, 0.25) is 0 Å². The number of hydrogen-bond donors (Lipinski definition) is 1. The monoisotopic (exact) mass is 237 g/mol. The van der Waals surface area contributed by atoms with Gasteiger partial charge in [-0.1, -0.05) is 6.92 Å². The number of aryl methyl sites for hydroxylation is 1. The van der Waals surface area contributed by atoms with Crippen LogP contribution in [0.25, 0.3) is 0 Å². The molecule has 0 aromatic carbocycles. The molecule has 1 aliphatic carbocycles. The van der Waals surface area contributed by atoms with Crippen LogP contribution in [0.1, 0.15) is 37.8 Å². The molecule has 1 aromatic rings. The third-order valence-corrected chi connectivity index (χ3v) is 2.86. The lowest BCUT2D eigenvalue weighted by atomic mass is 10.1. The molecule has 0 spiro atoms. The minimum absolute atomic E-state index is 0.243. The highest BCUT2D eigenvalue weighted by molar-refractivity contribution is 5.77. The number of carbonyl (C=O) groups is 1. The van der Waals surface area contributed by atoms with Gasteiger partial charge in [-0.05, 0) is 19.3 Å². The van der Waals surface area contributed by atoms with Gasteiger partial charge in [-0.25, -0.2) is 4.79 Å². The Morgan fingerprint density at radius 1 is 1.71 bits per heavy atom. The van der Waals surface area contributed by atoms with Crippen molar-refractivity contribution in [2.45, 2.75) is 44.8 Å². The Bertz CT molecular complexity index is 385. The Hall–Kier alpha value is -1.36. The van der Waals surface area contributed by atoms with Gasteiger partial charge in [0.1, 0.15) is 6.04 Å². The molecule has 0 bridgehead atoms. The minimum atomic E-state index is -0.377. The first kappa shape index (κ1) is 12.1. The van der Waals surface area contributed by atoms with Gasteiger partial charge in [0.25, 0.3) is 0 Å². The van der Waals surface area contributed by atoms with E-state index >= 15 is 0 Å². The number of carbonyl (C=O) groups excluding carboxylic acids is 1. The standard InChI is InChI=1S/C12H19N3O2/c1-3-6-15-8-9(7-13-15)11(12(16)17-2)14-10-4-5-10/h7-8,10-11,14H,3-6H2,1-2H3. The van der Waals surface area contributed by atoms with E-state index in [2.05, 4.69) is 17.3 Å².